The molecule has 0 heterocycles. The molecule has 0 aliphatic heterocycles. The predicted molar refractivity (Wildman–Crippen MR) is 95.7 cm³/mol. The minimum atomic E-state index is 0.115. The molecule has 0 aromatic carbocycles. The van der Waals surface area contributed by atoms with Gasteiger partial charge in [-0.15, -0.1) is 0 Å². The van der Waals surface area contributed by atoms with Gasteiger partial charge in [0.15, 0.2) is 0 Å². The molecule has 0 saturated carbocycles. The second kappa shape index (κ2) is 20.9. The van der Waals surface area contributed by atoms with E-state index in [0.29, 0.717) is 6.61 Å². The van der Waals surface area contributed by atoms with Crippen LogP contribution in [0.5, 0.6) is 0 Å². The lowest BCUT2D eigenvalue weighted by Gasteiger charge is -2.03. The van der Waals surface area contributed by atoms with Crippen molar-refractivity contribution in [1.82, 2.24) is 0 Å². The van der Waals surface area contributed by atoms with Gasteiger partial charge in [0.1, 0.15) is 0 Å². The molecular weight excluding hydrogens is 272 g/mol. The molecule has 1 N–H and O–H groups in total. The van der Waals surface area contributed by atoms with Crippen LogP contribution in [0.2, 0.25) is 0 Å². The molecule has 0 unspecified atom stereocenters. The van der Waals surface area contributed by atoms with Crippen LogP contribution in [0.25, 0.3) is 0 Å². The van der Waals surface area contributed by atoms with Crippen LogP contribution >= 0.6 is 0 Å². The molecule has 0 aliphatic carbocycles. The smallest absolute Gasteiger partial charge is 0.0822 e. The van der Waals surface area contributed by atoms with E-state index in [0.717, 1.165) is 19.3 Å². The van der Waals surface area contributed by atoms with E-state index >= 15 is 0 Å². The van der Waals surface area contributed by atoms with Crippen LogP contribution in [0.3, 0.4) is 0 Å². The number of unbranched alkanes of at least 4 members (excludes halogenated alkanes) is 17. The zero-order valence-corrected chi connectivity index (χ0v) is 15.0. The Bertz CT molecular complexity index is 163. The average molecular weight is 314 g/mol. The minimum absolute atomic E-state index is 0.115. The standard InChI is InChI=1S/C20H41O2/c21-19-17-15-13-11-9-7-5-3-1-2-4-6-8-10-12-14-16-18-20-22/h21H,1-20H2. The van der Waals surface area contributed by atoms with E-state index < -0.39 is 0 Å². The lowest BCUT2D eigenvalue weighted by molar-refractivity contribution is 0.186. The first-order chi connectivity index (χ1) is 10.9. The highest BCUT2D eigenvalue weighted by atomic mass is 16.3. The summed E-state index contributed by atoms with van der Waals surface area (Å²) in [7, 11) is 0. The zero-order valence-electron chi connectivity index (χ0n) is 15.0. The number of rotatable bonds is 19. The van der Waals surface area contributed by atoms with Crippen molar-refractivity contribution in [1.29, 1.82) is 0 Å². The van der Waals surface area contributed by atoms with Crippen molar-refractivity contribution in [3.63, 3.8) is 0 Å². The van der Waals surface area contributed by atoms with E-state index in [-0.39, 0.29) is 6.61 Å². The van der Waals surface area contributed by atoms with Crippen molar-refractivity contribution in [2.45, 2.75) is 116 Å². The molecule has 2 heteroatoms. The Labute approximate surface area is 139 Å². The summed E-state index contributed by atoms with van der Waals surface area (Å²) in [5.41, 5.74) is 0. The van der Waals surface area contributed by atoms with Gasteiger partial charge in [0.2, 0.25) is 0 Å². The molecule has 0 atom stereocenters. The van der Waals surface area contributed by atoms with Crippen LogP contribution in [0.1, 0.15) is 116 Å². The Kier molecular flexibility index (Phi) is 20.8. The van der Waals surface area contributed by atoms with Gasteiger partial charge in [0.05, 0.1) is 6.61 Å². The fourth-order valence-electron chi connectivity index (χ4n) is 3.04. The van der Waals surface area contributed by atoms with Gasteiger partial charge in [-0.1, -0.05) is 103 Å². The van der Waals surface area contributed by atoms with Crippen LogP contribution in [0.4, 0.5) is 0 Å². The molecule has 0 rings (SSSR count). The quantitative estimate of drug-likeness (QED) is 0.274. The third-order valence-corrected chi connectivity index (χ3v) is 4.55. The van der Waals surface area contributed by atoms with Gasteiger partial charge < -0.3 is 5.11 Å². The van der Waals surface area contributed by atoms with Crippen LogP contribution in [0.15, 0.2) is 0 Å². The Morgan fingerprint density at radius 2 is 0.591 bits per heavy atom. The van der Waals surface area contributed by atoms with Crippen molar-refractivity contribution < 1.29 is 10.2 Å². The van der Waals surface area contributed by atoms with Gasteiger partial charge in [0.25, 0.3) is 0 Å². The van der Waals surface area contributed by atoms with Crippen molar-refractivity contribution in [3.05, 3.63) is 0 Å². The molecule has 0 saturated heterocycles. The Balaban J connectivity index is 2.91. The van der Waals surface area contributed by atoms with Gasteiger partial charge in [-0.3, -0.25) is 0 Å². The van der Waals surface area contributed by atoms with Crippen molar-refractivity contribution in [2.24, 2.45) is 0 Å². The fraction of sp³-hybridized carbons (Fsp3) is 1.00. The van der Waals surface area contributed by atoms with Crippen molar-refractivity contribution in [2.75, 3.05) is 13.2 Å². The summed E-state index contributed by atoms with van der Waals surface area (Å²) in [4.78, 5) is 0. The van der Waals surface area contributed by atoms with Gasteiger partial charge in [0, 0.05) is 6.61 Å². The van der Waals surface area contributed by atoms with Crippen LogP contribution in [-0.4, -0.2) is 18.3 Å². The van der Waals surface area contributed by atoms with Crippen molar-refractivity contribution in [3.8, 4) is 0 Å². The van der Waals surface area contributed by atoms with Crippen molar-refractivity contribution >= 4 is 0 Å². The maximum absolute atomic E-state index is 10.3. The number of hydrogen-bond acceptors (Lipinski definition) is 1. The lowest BCUT2D eigenvalue weighted by atomic mass is 10.0. The number of aliphatic hydroxyl groups excluding tert-OH is 1. The zero-order chi connectivity index (χ0) is 16.1. The molecule has 1 radical (unpaired) electrons. The summed E-state index contributed by atoms with van der Waals surface area (Å²) in [6.07, 6.45) is 23.5. The summed E-state index contributed by atoms with van der Waals surface area (Å²) in [6.45, 7) is 0.477. The summed E-state index contributed by atoms with van der Waals surface area (Å²) in [5, 5.41) is 19.0. The molecule has 0 aromatic heterocycles. The van der Waals surface area contributed by atoms with Gasteiger partial charge >= 0.3 is 0 Å². The highest BCUT2D eigenvalue weighted by molar-refractivity contribution is 4.50. The molecule has 0 amide bonds. The summed E-state index contributed by atoms with van der Waals surface area (Å²) in [6, 6.07) is 0. The molecule has 133 valence electrons. The summed E-state index contributed by atoms with van der Waals surface area (Å²) >= 11 is 0. The first-order valence-electron chi connectivity index (χ1n) is 10.1. The summed E-state index contributed by atoms with van der Waals surface area (Å²) < 4.78 is 0. The van der Waals surface area contributed by atoms with Gasteiger partial charge in [-0.2, -0.15) is 0 Å². The first kappa shape index (κ1) is 21.9. The average Bonchev–Trinajstić information content (AvgIpc) is 2.54. The monoisotopic (exact) mass is 313 g/mol. The van der Waals surface area contributed by atoms with Gasteiger partial charge in [-0.05, 0) is 12.8 Å². The van der Waals surface area contributed by atoms with E-state index in [1.54, 1.807) is 0 Å². The Hall–Kier alpha value is -0.0800. The predicted octanol–water partition coefficient (Wildman–Crippen LogP) is 6.43. The maximum atomic E-state index is 10.3. The molecule has 0 fully saturated rings. The van der Waals surface area contributed by atoms with E-state index in [9.17, 15) is 5.11 Å². The lowest BCUT2D eigenvalue weighted by Crippen LogP contribution is -1.85. The van der Waals surface area contributed by atoms with E-state index in [4.69, 9.17) is 5.11 Å². The molecule has 2 nitrogen and oxygen atoms in total. The molecule has 0 aromatic rings. The molecule has 0 aliphatic rings. The fourth-order valence-corrected chi connectivity index (χ4v) is 3.04. The van der Waals surface area contributed by atoms with Crippen LogP contribution in [-0.2, 0) is 5.11 Å². The third kappa shape index (κ3) is 19.9. The molecule has 0 spiro atoms. The van der Waals surface area contributed by atoms with Gasteiger partial charge in [-0.25, -0.2) is 5.11 Å². The number of hydrogen-bond donors (Lipinski definition) is 1. The topological polar surface area (TPSA) is 40.1 Å². The molecular formula is C20H41O2. The first-order valence-corrected chi connectivity index (χ1v) is 10.1. The number of aliphatic hydroxyl groups is 1. The highest BCUT2D eigenvalue weighted by Crippen LogP contribution is 2.14. The second-order valence-corrected chi connectivity index (χ2v) is 6.79. The SMILES string of the molecule is [O]CCCCCCCCCCCCCCCCCCCCO. The van der Waals surface area contributed by atoms with E-state index in [2.05, 4.69) is 0 Å². The maximum Gasteiger partial charge on any atom is 0.0822 e. The largest absolute Gasteiger partial charge is 0.396 e. The van der Waals surface area contributed by atoms with Crippen LogP contribution in [0, 0.1) is 0 Å². The van der Waals surface area contributed by atoms with Crippen LogP contribution < -0.4 is 0 Å². The second-order valence-electron chi connectivity index (χ2n) is 6.79. The van der Waals surface area contributed by atoms with E-state index in [1.807, 2.05) is 0 Å². The minimum Gasteiger partial charge on any atom is -0.396 e. The van der Waals surface area contributed by atoms with E-state index in [1.165, 1.54) is 96.3 Å². The molecule has 0 bridgehead atoms. The third-order valence-electron chi connectivity index (χ3n) is 4.55. The molecule has 22 heavy (non-hydrogen) atoms. The highest BCUT2D eigenvalue weighted by Gasteiger charge is 1.95. The normalized spacial score (nSPS) is 11.2. The Morgan fingerprint density at radius 1 is 0.364 bits per heavy atom. The summed E-state index contributed by atoms with van der Waals surface area (Å²) in [5.74, 6) is 0. The Morgan fingerprint density at radius 3 is 0.818 bits per heavy atom.